The summed E-state index contributed by atoms with van der Waals surface area (Å²) in [6.45, 7) is 1.89. The zero-order valence-corrected chi connectivity index (χ0v) is 10.9. The lowest BCUT2D eigenvalue weighted by molar-refractivity contribution is -0.384. The van der Waals surface area contributed by atoms with Crippen molar-refractivity contribution in [3.05, 3.63) is 33.9 Å². The van der Waals surface area contributed by atoms with Gasteiger partial charge in [0, 0.05) is 36.7 Å². The van der Waals surface area contributed by atoms with E-state index >= 15 is 0 Å². The topological polar surface area (TPSA) is 107 Å². The summed E-state index contributed by atoms with van der Waals surface area (Å²) in [5.41, 5.74) is 6.01. The Balaban J connectivity index is 2.78. The van der Waals surface area contributed by atoms with Crippen LogP contribution in [0.15, 0.2) is 18.2 Å². The molecule has 104 valence electrons. The van der Waals surface area contributed by atoms with Crippen LogP contribution in [0.4, 0.5) is 5.69 Å². The summed E-state index contributed by atoms with van der Waals surface area (Å²) in [5, 5.41) is 13.3. The van der Waals surface area contributed by atoms with Gasteiger partial charge in [-0.1, -0.05) is 0 Å². The van der Waals surface area contributed by atoms with E-state index in [1.54, 1.807) is 6.92 Å². The van der Waals surface area contributed by atoms with Crippen LogP contribution in [0.5, 0.6) is 5.75 Å². The Morgan fingerprint density at radius 1 is 1.58 bits per heavy atom. The highest BCUT2D eigenvalue weighted by atomic mass is 16.6. The van der Waals surface area contributed by atoms with Gasteiger partial charge in [0.25, 0.3) is 5.69 Å². The lowest BCUT2D eigenvalue weighted by Gasteiger charge is -2.10. The molecule has 1 unspecified atom stereocenters. The van der Waals surface area contributed by atoms with Crippen molar-refractivity contribution in [3.63, 3.8) is 0 Å². The molecular weight excluding hydrogens is 250 g/mol. The van der Waals surface area contributed by atoms with Crippen molar-refractivity contribution in [3.8, 4) is 5.75 Å². The molecule has 0 aliphatic heterocycles. The molecule has 0 aliphatic carbocycles. The standard InChI is InChI=1S/C12H17N3O4/c1-8(13)5-12(16)14-7-9-6-10(15(17)18)3-4-11(9)19-2/h3-4,6,8H,5,7,13H2,1-2H3,(H,14,16). The van der Waals surface area contributed by atoms with Crippen molar-refractivity contribution in [2.45, 2.75) is 25.9 Å². The van der Waals surface area contributed by atoms with Crippen LogP contribution in [0.3, 0.4) is 0 Å². The Morgan fingerprint density at radius 2 is 2.26 bits per heavy atom. The number of non-ortho nitro benzene ring substituents is 1. The van der Waals surface area contributed by atoms with E-state index in [1.165, 1.54) is 25.3 Å². The van der Waals surface area contributed by atoms with E-state index in [9.17, 15) is 14.9 Å². The Morgan fingerprint density at radius 3 is 2.79 bits per heavy atom. The van der Waals surface area contributed by atoms with E-state index in [0.29, 0.717) is 11.3 Å². The average Bonchev–Trinajstić information content (AvgIpc) is 2.35. The first kappa shape index (κ1) is 14.9. The minimum Gasteiger partial charge on any atom is -0.496 e. The second-order valence-corrected chi connectivity index (χ2v) is 4.21. The summed E-state index contributed by atoms with van der Waals surface area (Å²) < 4.78 is 5.09. The summed E-state index contributed by atoms with van der Waals surface area (Å²) in [5.74, 6) is 0.287. The van der Waals surface area contributed by atoms with Crippen molar-refractivity contribution in [1.29, 1.82) is 0 Å². The molecule has 0 saturated carbocycles. The maximum Gasteiger partial charge on any atom is 0.270 e. The zero-order valence-electron chi connectivity index (χ0n) is 10.9. The van der Waals surface area contributed by atoms with Gasteiger partial charge in [-0.3, -0.25) is 14.9 Å². The molecule has 1 atom stereocenters. The van der Waals surface area contributed by atoms with Crippen LogP contribution in [0.25, 0.3) is 0 Å². The molecule has 1 aromatic rings. The number of rotatable bonds is 6. The first-order valence-electron chi connectivity index (χ1n) is 5.77. The van der Waals surface area contributed by atoms with E-state index in [1.807, 2.05) is 0 Å². The van der Waals surface area contributed by atoms with Crippen LogP contribution in [-0.4, -0.2) is 24.0 Å². The molecule has 0 spiro atoms. The molecule has 3 N–H and O–H groups in total. The van der Waals surface area contributed by atoms with Crippen molar-refractivity contribution in [2.24, 2.45) is 5.73 Å². The number of nitrogens with one attached hydrogen (secondary N) is 1. The number of nitro benzene ring substituents is 1. The predicted octanol–water partition coefficient (Wildman–Crippen LogP) is 0.957. The van der Waals surface area contributed by atoms with Crippen LogP contribution >= 0.6 is 0 Å². The molecule has 7 heteroatoms. The number of hydrogen-bond donors (Lipinski definition) is 2. The summed E-state index contributed by atoms with van der Waals surface area (Å²) in [7, 11) is 1.47. The van der Waals surface area contributed by atoms with Gasteiger partial charge in [-0.05, 0) is 13.0 Å². The molecule has 19 heavy (non-hydrogen) atoms. The highest BCUT2D eigenvalue weighted by molar-refractivity contribution is 5.76. The van der Waals surface area contributed by atoms with Gasteiger partial charge in [0.15, 0.2) is 0 Å². The zero-order chi connectivity index (χ0) is 14.4. The number of hydrogen-bond acceptors (Lipinski definition) is 5. The Labute approximate surface area is 110 Å². The van der Waals surface area contributed by atoms with Crippen LogP contribution in [-0.2, 0) is 11.3 Å². The number of amides is 1. The highest BCUT2D eigenvalue weighted by Gasteiger charge is 2.12. The van der Waals surface area contributed by atoms with Gasteiger partial charge < -0.3 is 15.8 Å². The maximum absolute atomic E-state index is 11.5. The number of ether oxygens (including phenoxy) is 1. The molecule has 0 bridgehead atoms. The Kier molecular flexibility index (Phi) is 5.25. The monoisotopic (exact) mass is 267 g/mol. The molecule has 1 aromatic carbocycles. The van der Waals surface area contributed by atoms with Crippen LogP contribution in [0, 0.1) is 10.1 Å². The molecule has 0 saturated heterocycles. The summed E-state index contributed by atoms with van der Waals surface area (Å²) in [6.07, 6.45) is 0.206. The molecule has 1 amide bonds. The predicted molar refractivity (Wildman–Crippen MR) is 69.8 cm³/mol. The van der Waals surface area contributed by atoms with E-state index < -0.39 is 4.92 Å². The normalized spacial score (nSPS) is 11.7. The quantitative estimate of drug-likeness (QED) is 0.589. The third-order valence-corrected chi connectivity index (χ3v) is 2.46. The highest BCUT2D eigenvalue weighted by Crippen LogP contribution is 2.23. The Bertz CT molecular complexity index is 474. The number of nitrogens with two attached hydrogens (primary N) is 1. The third-order valence-electron chi connectivity index (χ3n) is 2.46. The van der Waals surface area contributed by atoms with Crippen molar-refractivity contribution in [1.82, 2.24) is 5.32 Å². The lowest BCUT2D eigenvalue weighted by atomic mass is 10.1. The number of nitrogens with zero attached hydrogens (tertiary/aromatic N) is 1. The lowest BCUT2D eigenvalue weighted by Crippen LogP contribution is -2.29. The molecule has 0 aromatic heterocycles. The van der Waals surface area contributed by atoms with E-state index in [4.69, 9.17) is 10.5 Å². The number of carbonyl (C=O) groups is 1. The molecule has 0 fully saturated rings. The fraction of sp³-hybridized carbons (Fsp3) is 0.417. The fourth-order valence-corrected chi connectivity index (χ4v) is 1.58. The number of methoxy groups -OCH3 is 1. The first-order chi connectivity index (χ1) is 8.93. The molecule has 1 rings (SSSR count). The van der Waals surface area contributed by atoms with Crippen molar-refractivity contribution >= 4 is 11.6 Å². The number of nitro groups is 1. The molecule has 7 nitrogen and oxygen atoms in total. The van der Waals surface area contributed by atoms with Gasteiger partial charge in [-0.25, -0.2) is 0 Å². The van der Waals surface area contributed by atoms with Crippen molar-refractivity contribution in [2.75, 3.05) is 7.11 Å². The smallest absolute Gasteiger partial charge is 0.270 e. The van der Waals surface area contributed by atoms with Crippen LogP contribution in [0.2, 0.25) is 0 Å². The Hall–Kier alpha value is -2.15. The van der Waals surface area contributed by atoms with Crippen LogP contribution in [0.1, 0.15) is 18.9 Å². The SMILES string of the molecule is COc1ccc([N+](=O)[O-])cc1CNC(=O)CC(C)N. The van der Waals surface area contributed by atoms with Gasteiger partial charge in [-0.15, -0.1) is 0 Å². The van der Waals surface area contributed by atoms with Crippen molar-refractivity contribution < 1.29 is 14.5 Å². The van der Waals surface area contributed by atoms with Crippen LogP contribution < -0.4 is 15.8 Å². The number of benzene rings is 1. The van der Waals surface area contributed by atoms with E-state index in [0.717, 1.165) is 0 Å². The van der Waals surface area contributed by atoms with Gasteiger partial charge in [0.05, 0.1) is 12.0 Å². The minimum absolute atomic E-state index is 0.0442. The summed E-state index contributed by atoms with van der Waals surface area (Å²) >= 11 is 0. The summed E-state index contributed by atoms with van der Waals surface area (Å²) in [4.78, 5) is 21.7. The maximum atomic E-state index is 11.5. The van der Waals surface area contributed by atoms with Gasteiger partial charge in [0.2, 0.25) is 5.91 Å². The van der Waals surface area contributed by atoms with Gasteiger partial charge >= 0.3 is 0 Å². The van der Waals surface area contributed by atoms with Gasteiger partial charge in [-0.2, -0.15) is 0 Å². The molecule has 0 heterocycles. The molecular formula is C12H17N3O4. The summed E-state index contributed by atoms with van der Waals surface area (Å²) in [6, 6.07) is 4.01. The largest absolute Gasteiger partial charge is 0.496 e. The average molecular weight is 267 g/mol. The third kappa shape index (κ3) is 4.55. The molecule has 0 radical (unpaired) electrons. The van der Waals surface area contributed by atoms with E-state index in [-0.39, 0.29) is 30.6 Å². The minimum atomic E-state index is -0.493. The second kappa shape index (κ2) is 6.69. The number of carbonyl (C=O) groups excluding carboxylic acids is 1. The first-order valence-corrected chi connectivity index (χ1v) is 5.77. The second-order valence-electron chi connectivity index (χ2n) is 4.21. The molecule has 0 aliphatic rings. The van der Waals surface area contributed by atoms with Gasteiger partial charge in [0.1, 0.15) is 5.75 Å². The fourth-order valence-electron chi connectivity index (χ4n) is 1.58. The van der Waals surface area contributed by atoms with E-state index in [2.05, 4.69) is 5.32 Å².